The lowest BCUT2D eigenvalue weighted by molar-refractivity contribution is 0.241. The average molecular weight is 151 g/mol. The van der Waals surface area contributed by atoms with E-state index in [1.807, 2.05) is 10.9 Å². The predicted molar refractivity (Wildman–Crippen MR) is 35.1 cm³/mol. The van der Waals surface area contributed by atoms with Gasteiger partial charge in [0.15, 0.2) is 0 Å². The van der Waals surface area contributed by atoms with E-state index in [0.717, 1.165) is 0 Å². The molecule has 0 aromatic carbocycles. The van der Waals surface area contributed by atoms with E-state index in [4.69, 9.17) is 11.6 Å². The largest absolute Gasteiger partial charge is 0.349 e. The van der Waals surface area contributed by atoms with Gasteiger partial charge in [-0.05, 0) is 0 Å². The Morgan fingerprint density at radius 1 is 1.89 bits per heavy atom. The number of carbonyl (C=O) groups excluding carboxylic acids is 1. The number of alkyl halides is 1. The molecule has 2 amide bonds. The molecule has 52 valence electrons. The maximum Gasteiger partial charge on any atom is 0.349 e. The molecule has 0 saturated carbocycles. The number of nitrogens with zero attached hydrogens (tertiary/aromatic N) is 1. The molecule has 0 fully saturated rings. The van der Waals surface area contributed by atoms with Crippen LogP contribution < -0.4 is 16.7 Å². The summed E-state index contributed by atoms with van der Waals surface area (Å²) in [7, 11) is 0. The Balaban J connectivity index is 3.26. The Morgan fingerprint density at radius 2 is 2.56 bits per heavy atom. The zero-order chi connectivity index (χ0) is 7.11. The molecule has 9 heavy (non-hydrogen) atoms. The summed E-state index contributed by atoms with van der Waals surface area (Å²) in [6.07, 6.45) is 1.33. The molecule has 0 bridgehead atoms. The second kappa shape index (κ2) is 5.33. The molecular formula is C3H7ClN4O. The molecule has 0 aliphatic carbocycles. The molecule has 0 aliphatic rings. The topological polar surface area (TPSA) is 79.5 Å². The molecule has 0 aromatic heterocycles. The van der Waals surface area contributed by atoms with Crippen molar-refractivity contribution in [3.8, 4) is 0 Å². The standard InChI is InChI=1S/C3H7ClN4O/c4-1-2-6-8-3(9)7-5/h2H,1,5H2,(H2,7,8,9)/b6-2+. The average Bonchev–Trinajstić information content (AvgIpc) is 1.89. The maximum absolute atomic E-state index is 10.2. The number of hydrogen-bond acceptors (Lipinski definition) is 3. The smallest absolute Gasteiger partial charge is 0.274 e. The number of nitrogens with one attached hydrogen (secondary N) is 2. The van der Waals surface area contributed by atoms with Gasteiger partial charge in [-0.15, -0.1) is 11.6 Å². The minimum absolute atomic E-state index is 0.255. The number of hydrazine groups is 1. The number of hydrogen-bond donors (Lipinski definition) is 3. The van der Waals surface area contributed by atoms with Crippen molar-refractivity contribution in [1.29, 1.82) is 0 Å². The maximum atomic E-state index is 10.2. The van der Waals surface area contributed by atoms with Crippen LogP contribution in [0.15, 0.2) is 5.10 Å². The summed E-state index contributed by atoms with van der Waals surface area (Å²) in [6, 6.07) is -0.573. The van der Waals surface area contributed by atoms with Crippen LogP contribution in [-0.2, 0) is 0 Å². The monoisotopic (exact) mass is 150 g/mol. The van der Waals surface area contributed by atoms with Gasteiger partial charge < -0.3 is 0 Å². The second-order valence-corrected chi connectivity index (χ2v) is 1.36. The van der Waals surface area contributed by atoms with E-state index in [9.17, 15) is 4.79 Å². The molecule has 0 spiro atoms. The number of halogens is 1. The van der Waals surface area contributed by atoms with E-state index >= 15 is 0 Å². The van der Waals surface area contributed by atoms with E-state index < -0.39 is 6.03 Å². The van der Waals surface area contributed by atoms with Crippen LogP contribution >= 0.6 is 11.6 Å². The highest BCUT2D eigenvalue weighted by Crippen LogP contribution is 1.65. The summed E-state index contributed by atoms with van der Waals surface area (Å²) in [5.41, 5.74) is 3.86. The SMILES string of the molecule is NNC(=O)N/N=C/CCl. The summed E-state index contributed by atoms with van der Waals surface area (Å²) in [6.45, 7) is 0. The zero-order valence-corrected chi connectivity index (χ0v) is 5.35. The van der Waals surface area contributed by atoms with Crippen molar-refractivity contribution in [1.82, 2.24) is 10.9 Å². The van der Waals surface area contributed by atoms with Crippen LogP contribution in [0.4, 0.5) is 4.79 Å². The lowest BCUT2D eigenvalue weighted by atomic mass is 10.9. The van der Waals surface area contributed by atoms with Crippen molar-refractivity contribution < 1.29 is 4.79 Å². The summed E-state index contributed by atoms with van der Waals surface area (Å²) in [5, 5.41) is 3.36. The molecule has 0 aliphatic heterocycles. The minimum atomic E-state index is -0.573. The highest BCUT2D eigenvalue weighted by atomic mass is 35.5. The Bertz CT molecular complexity index is 114. The first-order valence-corrected chi connectivity index (χ1v) is 2.68. The van der Waals surface area contributed by atoms with Crippen molar-refractivity contribution in [2.45, 2.75) is 0 Å². The molecule has 0 saturated heterocycles. The Labute approximate surface area is 57.2 Å². The van der Waals surface area contributed by atoms with Gasteiger partial charge in [-0.2, -0.15) is 5.10 Å². The van der Waals surface area contributed by atoms with Crippen molar-refractivity contribution in [3.05, 3.63) is 0 Å². The van der Waals surface area contributed by atoms with Crippen LogP contribution in [0.5, 0.6) is 0 Å². The van der Waals surface area contributed by atoms with E-state index in [-0.39, 0.29) is 5.88 Å². The van der Waals surface area contributed by atoms with Gasteiger partial charge >= 0.3 is 6.03 Å². The zero-order valence-electron chi connectivity index (χ0n) is 4.60. The van der Waals surface area contributed by atoms with Crippen LogP contribution in [0.1, 0.15) is 0 Å². The van der Waals surface area contributed by atoms with Crippen molar-refractivity contribution in [2.24, 2.45) is 10.9 Å². The second-order valence-electron chi connectivity index (χ2n) is 1.05. The molecule has 5 nitrogen and oxygen atoms in total. The molecule has 0 unspecified atom stereocenters. The molecule has 0 aromatic rings. The van der Waals surface area contributed by atoms with Gasteiger partial charge in [0.1, 0.15) is 0 Å². The van der Waals surface area contributed by atoms with Crippen LogP contribution in [0.3, 0.4) is 0 Å². The van der Waals surface area contributed by atoms with E-state index in [2.05, 4.69) is 10.9 Å². The molecule has 4 N–H and O–H groups in total. The normalized spacial score (nSPS) is 9.56. The summed E-state index contributed by atoms with van der Waals surface area (Å²) < 4.78 is 0. The Kier molecular flexibility index (Phi) is 4.85. The molecule has 0 radical (unpaired) electrons. The predicted octanol–water partition coefficient (Wildman–Crippen LogP) is -0.616. The van der Waals surface area contributed by atoms with Crippen molar-refractivity contribution >= 4 is 23.8 Å². The number of carbonyl (C=O) groups is 1. The highest BCUT2D eigenvalue weighted by Gasteiger charge is 1.87. The molecule has 0 rings (SSSR count). The van der Waals surface area contributed by atoms with Gasteiger partial charge in [-0.3, -0.25) is 5.43 Å². The number of nitrogens with two attached hydrogens (primary N) is 1. The fourth-order valence-electron chi connectivity index (χ4n) is 0.171. The van der Waals surface area contributed by atoms with Crippen molar-refractivity contribution in [3.63, 3.8) is 0 Å². The van der Waals surface area contributed by atoms with Crippen molar-refractivity contribution in [2.75, 3.05) is 5.88 Å². The van der Waals surface area contributed by atoms with Crippen LogP contribution in [0, 0.1) is 0 Å². The number of hydrazone groups is 1. The number of rotatable bonds is 2. The fourth-order valence-corrected chi connectivity index (χ4v) is 0.240. The summed E-state index contributed by atoms with van der Waals surface area (Å²) in [4.78, 5) is 10.2. The number of amides is 2. The lowest BCUT2D eigenvalue weighted by Gasteiger charge is -1.93. The van der Waals surface area contributed by atoms with Crippen LogP contribution in [0.25, 0.3) is 0 Å². The van der Waals surface area contributed by atoms with Crippen LogP contribution in [0.2, 0.25) is 0 Å². The van der Waals surface area contributed by atoms with Crippen LogP contribution in [-0.4, -0.2) is 18.1 Å². The number of urea groups is 1. The third-order valence-corrected chi connectivity index (χ3v) is 0.595. The third kappa shape index (κ3) is 5.05. The fraction of sp³-hybridized carbons (Fsp3) is 0.333. The van der Waals surface area contributed by atoms with E-state index in [1.165, 1.54) is 6.21 Å². The van der Waals surface area contributed by atoms with Gasteiger partial charge in [-0.25, -0.2) is 16.1 Å². The first-order chi connectivity index (χ1) is 4.31. The Morgan fingerprint density at radius 3 is 3.00 bits per heavy atom. The van der Waals surface area contributed by atoms with Gasteiger partial charge in [0, 0.05) is 6.21 Å². The van der Waals surface area contributed by atoms with Gasteiger partial charge in [0.05, 0.1) is 5.88 Å². The quantitative estimate of drug-likeness (QED) is 0.161. The first kappa shape index (κ1) is 8.19. The van der Waals surface area contributed by atoms with Gasteiger partial charge in [0.25, 0.3) is 0 Å². The first-order valence-electron chi connectivity index (χ1n) is 2.15. The molecule has 6 heteroatoms. The summed E-state index contributed by atoms with van der Waals surface area (Å²) >= 11 is 5.18. The summed E-state index contributed by atoms with van der Waals surface area (Å²) in [5.74, 6) is 4.94. The minimum Gasteiger partial charge on any atom is -0.274 e. The molecular weight excluding hydrogens is 144 g/mol. The molecule has 0 heterocycles. The van der Waals surface area contributed by atoms with E-state index in [1.54, 1.807) is 0 Å². The lowest BCUT2D eigenvalue weighted by Crippen LogP contribution is -2.37. The molecule has 0 atom stereocenters. The highest BCUT2D eigenvalue weighted by molar-refractivity contribution is 6.24. The third-order valence-electron chi connectivity index (χ3n) is 0.457. The van der Waals surface area contributed by atoms with Gasteiger partial charge in [0.2, 0.25) is 0 Å². The van der Waals surface area contributed by atoms with E-state index in [0.29, 0.717) is 0 Å². The van der Waals surface area contributed by atoms with Gasteiger partial charge in [-0.1, -0.05) is 0 Å². The Hall–Kier alpha value is -0.810.